The van der Waals surface area contributed by atoms with E-state index in [0.717, 1.165) is 23.2 Å². The Morgan fingerprint density at radius 1 is 0.950 bits per heavy atom. The normalized spacial score (nSPS) is 10.3. The predicted molar refractivity (Wildman–Crippen MR) is 85.9 cm³/mol. The van der Waals surface area contributed by atoms with Gasteiger partial charge in [-0.3, -0.25) is 0 Å². The van der Waals surface area contributed by atoms with Gasteiger partial charge in [0.25, 0.3) is 0 Å². The first-order chi connectivity index (χ1) is 9.79. The largest absolute Gasteiger partial charge is 0.493 e. The molecule has 0 fully saturated rings. The van der Waals surface area contributed by atoms with E-state index in [2.05, 4.69) is 35.0 Å². The summed E-state index contributed by atoms with van der Waals surface area (Å²) in [6.07, 6.45) is 0.866. The Bertz CT molecular complexity index is 526. The smallest absolute Gasteiger partial charge is 0.123 e. The molecule has 20 heavy (non-hydrogen) atoms. The van der Waals surface area contributed by atoms with Crippen LogP contribution >= 0.6 is 15.9 Å². The van der Waals surface area contributed by atoms with E-state index in [1.54, 1.807) is 0 Å². The summed E-state index contributed by atoms with van der Waals surface area (Å²) in [6.45, 7) is 3.42. The fraction of sp³-hybridized carbons (Fsp3) is 0.294. The van der Waals surface area contributed by atoms with Crippen molar-refractivity contribution in [1.29, 1.82) is 0 Å². The minimum atomic E-state index is 0.663. The monoisotopic (exact) mass is 334 g/mol. The van der Waals surface area contributed by atoms with E-state index in [4.69, 9.17) is 9.47 Å². The maximum absolute atomic E-state index is 5.81. The molecule has 106 valence electrons. The van der Waals surface area contributed by atoms with Gasteiger partial charge >= 0.3 is 0 Å². The maximum Gasteiger partial charge on any atom is 0.123 e. The van der Waals surface area contributed by atoms with Crippen LogP contribution in [0.4, 0.5) is 0 Å². The molecule has 2 aromatic rings. The number of para-hydroxylation sites is 1. The number of rotatable bonds is 7. The zero-order valence-electron chi connectivity index (χ0n) is 11.6. The van der Waals surface area contributed by atoms with Crippen LogP contribution in [0.1, 0.15) is 17.5 Å². The highest BCUT2D eigenvalue weighted by molar-refractivity contribution is 9.08. The number of ether oxygens (including phenoxy) is 2. The summed E-state index contributed by atoms with van der Waals surface area (Å²) < 4.78 is 11.4. The Morgan fingerprint density at radius 2 is 1.70 bits per heavy atom. The molecule has 0 aromatic heterocycles. The molecule has 2 rings (SSSR count). The van der Waals surface area contributed by atoms with Gasteiger partial charge in [0.2, 0.25) is 0 Å². The first-order valence-corrected chi connectivity index (χ1v) is 7.88. The molecule has 0 amide bonds. The van der Waals surface area contributed by atoms with Crippen molar-refractivity contribution in [2.75, 3.05) is 13.2 Å². The van der Waals surface area contributed by atoms with Gasteiger partial charge in [-0.15, -0.1) is 0 Å². The van der Waals surface area contributed by atoms with E-state index >= 15 is 0 Å². The zero-order valence-corrected chi connectivity index (χ0v) is 13.2. The Hall–Kier alpha value is -1.48. The van der Waals surface area contributed by atoms with Gasteiger partial charge in [0.15, 0.2) is 0 Å². The Labute approximate surface area is 128 Å². The summed E-state index contributed by atoms with van der Waals surface area (Å²) in [7, 11) is 0. The molecule has 3 heteroatoms. The average Bonchev–Trinajstić information content (AvgIpc) is 2.49. The van der Waals surface area contributed by atoms with Gasteiger partial charge in [0, 0.05) is 17.3 Å². The average molecular weight is 335 g/mol. The van der Waals surface area contributed by atoms with E-state index in [1.165, 1.54) is 11.1 Å². The molecule has 0 N–H and O–H groups in total. The molecule has 0 aliphatic carbocycles. The lowest BCUT2D eigenvalue weighted by atomic mass is 10.1. The van der Waals surface area contributed by atoms with Crippen molar-refractivity contribution in [3.8, 4) is 11.5 Å². The fourth-order valence-corrected chi connectivity index (χ4v) is 2.34. The van der Waals surface area contributed by atoms with Gasteiger partial charge in [0.1, 0.15) is 11.5 Å². The van der Waals surface area contributed by atoms with Gasteiger partial charge in [-0.25, -0.2) is 0 Å². The van der Waals surface area contributed by atoms with Crippen molar-refractivity contribution >= 4 is 15.9 Å². The van der Waals surface area contributed by atoms with E-state index in [-0.39, 0.29) is 0 Å². The molecular formula is C17H19BrO2. The van der Waals surface area contributed by atoms with Crippen molar-refractivity contribution in [2.45, 2.75) is 18.7 Å². The fourth-order valence-electron chi connectivity index (χ4n) is 1.90. The standard InChI is InChI=1S/C17H19BrO2/c1-14-8-9-17(15(12-14)13-18)20-11-5-10-19-16-6-3-2-4-7-16/h2-4,6-9,12H,5,10-11,13H2,1H3. The molecule has 0 bridgehead atoms. The highest BCUT2D eigenvalue weighted by Crippen LogP contribution is 2.22. The van der Waals surface area contributed by atoms with E-state index in [9.17, 15) is 0 Å². The Morgan fingerprint density at radius 3 is 2.45 bits per heavy atom. The Kier molecular flexibility index (Phi) is 5.93. The molecule has 0 radical (unpaired) electrons. The lowest BCUT2D eigenvalue weighted by molar-refractivity contribution is 0.246. The van der Waals surface area contributed by atoms with Crippen LogP contribution in [-0.4, -0.2) is 13.2 Å². The molecule has 2 nitrogen and oxygen atoms in total. The predicted octanol–water partition coefficient (Wildman–Crippen LogP) is 4.74. The molecule has 0 aliphatic rings. The van der Waals surface area contributed by atoms with Gasteiger partial charge in [-0.1, -0.05) is 51.8 Å². The van der Waals surface area contributed by atoms with Crippen LogP contribution in [0.25, 0.3) is 0 Å². The Balaban J connectivity index is 1.73. The minimum Gasteiger partial charge on any atom is -0.493 e. The van der Waals surface area contributed by atoms with Crippen LogP contribution in [-0.2, 0) is 5.33 Å². The van der Waals surface area contributed by atoms with Crippen LogP contribution in [0.5, 0.6) is 11.5 Å². The van der Waals surface area contributed by atoms with E-state index in [0.29, 0.717) is 13.2 Å². The molecule has 0 spiro atoms. The molecule has 0 aliphatic heterocycles. The third-order valence-corrected chi connectivity index (χ3v) is 3.52. The summed E-state index contributed by atoms with van der Waals surface area (Å²) in [5.41, 5.74) is 2.44. The summed E-state index contributed by atoms with van der Waals surface area (Å²) in [5.74, 6) is 1.86. The molecule has 0 heterocycles. The van der Waals surface area contributed by atoms with Gasteiger partial charge in [-0.2, -0.15) is 0 Å². The number of alkyl halides is 1. The van der Waals surface area contributed by atoms with Gasteiger partial charge in [-0.05, 0) is 25.1 Å². The second kappa shape index (κ2) is 7.95. The molecule has 0 saturated heterocycles. The molecule has 0 unspecified atom stereocenters. The SMILES string of the molecule is Cc1ccc(OCCCOc2ccccc2)c(CBr)c1. The van der Waals surface area contributed by atoms with E-state index in [1.807, 2.05) is 36.4 Å². The topological polar surface area (TPSA) is 18.5 Å². The number of benzene rings is 2. The second-order valence-corrected chi connectivity index (χ2v) is 5.17. The molecule has 2 aromatic carbocycles. The lowest BCUT2D eigenvalue weighted by Gasteiger charge is -2.11. The molecule has 0 atom stereocenters. The lowest BCUT2D eigenvalue weighted by Crippen LogP contribution is -2.06. The zero-order chi connectivity index (χ0) is 14.2. The highest BCUT2D eigenvalue weighted by atomic mass is 79.9. The first kappa shape index (κ1) is 14.9. The third-order valence-electron chi connectivity index (χ3n) is 2.92. The number of hydrogen-bond donors (Lipinski definition) is 0. The summed E-state index contributed by atoms with van der Waals surface area (Å²) >= 11 is 3.49. The first-order valence-electron chi connectivity index (χ1n) is 6.76. The second-order valence-electron chi connectivity index (χ2n) is 4.61. The minimum absolute atomic E-state index is 0.663. The summed E-state index contributed by atoms with van der Waals surface area (Å²) in [4.78, 5) is 0. The van der Waals surface area contributed by atoms with Gasteiger partial charge < -0.3 is 9.47 Å². The maximum atomic E-state index is 5.81. The van der Waals surface area contributed by atoms with Crippen LogP contribution in [0.2, 0.25) is 0 Å². The highest BCUT2D eigenvalue weighted by Gasteiger charge is 2.02. The van der Waals surface area contributed by atoms with Gasteiger partial charge in [0.05, 0.1) is 13.2 Å². The van der Waals surface area contributed by atoms with Crippen LogP contribution in [0, 0.1) is 6.92 Å². The van der Waals surface area contributed by atoms with Crippen molar-refractivity contribution in [1.82, 2.24) is 0 Å². The van der Waals surface area contributed by atoms with E-state index < -0.39 is 0 Å². The third kappa shape index (κ3) is 4.57. The molecular weight excluding hydrogens is 316 g/mol. The van der Waals surface area contributed by atoms with Crippen LogP contribution < -0.4 is 9.47 Å². The molecule has 0 saturated carbocycles. The number of hydrogen-bond acceptors (Lipinski definition) is 2. The van der Waals surface area contributed by atoms with Crippen LogP contribution in [0.3, 0.4) is 0 Å². The van der Waals surface area contributed by atoms with Crippen molar-refractivity contribution < 1.29 is 9.47 Å². The quantitative estimate of drug-likeness (QED) is 0.538. The summed E-state index contributed by atoms with van der Waals surface area (Å²) in [5, 5.41) is 0.810. The van der Waals surface area contributed by atoms with Crippen molar-refractivity contribution in [3.63, 3.8) is 0 Å². The van der Waals surface area contributed by atoms with Crippen molar-refractivity contribution in [3.05, 3.63) is 59.7 Å². The summed E-state index contributed by atoms with van der Waals surface area (Å²) in [6, 6.07) is 16.1. The van der Waals surface area contributed by atoms with Crippen LogP contribution in [0.15, 0.2) is 48.5 Å². The number of halogens is 1. The van der Waals surface area contributed by atoms with Crippen molar-refractivity contribution in [2.24, 2.45) is 0 Å². The number of aryl methyl sites for hydroxylation is 1.